The summed E-state index contributed by atoms with van der Waals surface area (Å²) < 4.78 is 51.4. The van der Waals surface area contributed by atoms with Crippen molar-refractivity contribution in [3.8, 4) is 11.1 Å². The number of methoxy groups -OCH3 is 2. The Labute approximate surface area is 609 Å². The number of aromatic nitrogens is 8. The van der Waals surface area contributed by atoms with Gasteiger partial charge in [0.2, 0.25) is 0 Å². The van der Waals surface area contributed by atoms with Crippen molar-refractivity contribution >= 4 is 102 Å². The molecule has 5 fully saturated rings. The molecular weight excluding hydrogens is 1430 g/mol. The van der Waals surface area contributed by atoms with Gasteiger partial charge in [-0.25, -0.2) is 29.5 Å². The fourth-order valence-electron chi connectivity index (χ4n) is 13.6. The van der Waals surface area contributed by atoms with E-state index in [0.29, 0.717) is 38.8 Å². The molecule has 4 saturated carbocycles. The van der Waals surface area contributed by atoms with Crippen LogP contribution < -0.4 is 15.3 Å². The van der Waals surface area contributed by atoms with Crippen molar-refractivity contribution in [2.45, 2.75) is 225 Å². The number of carbonyl (C=O) groups excluding carboxylic acids is 2. The Morgan fingerprint density at radius 1 is 0.535 bits per heavy atom. The summed E-state index contributed by atoms with van der Waals surface area (Å²) in [5.41, 5.74) is 6.40. The van der Waals surface area contributed by atoms with Crippen LogP contribution in [0.3, 0.4) is 0 Å². The predicted octanol–water partition coefficient (Wildman–Crippen LogP) is 16.2. The molecule has 0 aromatic carbocycles. The topological polar surface area (TPSA) is 201 Å². The molecule has 4 bridgehead atoms. The first-order chi connectivity index (χ1) is 46.1. The van der Waals surface area contributed by atoms with E-state index in [-0.39, 0.29) is 18.8 Å². The average molecular weight is 1550 g/mol. The maximum atomic E-state index is 12.0. The van der Waals surface area contributed by atoms with Gasteiger partial charge in [-0.1, -0.05) is 124 Å². The molecule has 20 nitrogen and oxygen atoms in total. The number of anilines is 2. The fraction of sp³-hybridized carbons (Fsp3) is 0.671. The third-order valence-corrected chi connectivity index (χ3v) is 27.9. The van der Waals surface area contributed by atoms with Crippen molar-refractivity contribution in [1.82, 2.24) is 39.2 Å². The number of nitrogens with zero attached hydrogens (tertiary/aromatic N) is 10. The second-order valence-corrected chi connectivity index (χ2v) is 57.6. The van der Waals surface area contributed by atoms with Gasteiger partial charge in [-0.15, -0.1) is 0 Å². The Bertz CT molecular complexity index is 3510. The van der Waals surface area contributed by atoms with Crippen molar-refractivity contribution < 1.29 is 47.3 Å². The molecule has 0 spiro atoms. The zero-order chi connectivity index (χ0) is 71.0. The number of halogens is 1. The average Bonchev–Trinajstić information content (AvgIpc) is 1.70. The third kappa shape index (κ3) is 22.5. The minimum absolute atomic E-state index is 0. The Morgan fingerprint density at radius 2 is 0.909 bits per heavy atom. The van der Waals surface area contributed by atoms with Crippen molar-refractivity contribution in [2.75, 3.05) is 77.4 Å². The maximum absolute atomic E-state index is 12.0. The van der Waals surface area contributed by atoms with E-state index in [1.807, 2.05) is 55.2 Å². The van der Waals surface area contributed by atoms with Gasteiger partial charge in [0, 0.05) is 123 Å². The molecule has 7 heterocycles. The second-order valence-electron chi connectivity index (χ2n) is 34.0. The van der Waals surface area contributed by atoms with E-state index >= 15 is 0 Å². The summed E-state index contributed by atoms with van der Waals surface area (Å²) in [5, 5.41) is 9.56. The van der Waals surface area contributed by atoms with E-state index in [9.17, 15) is 9.59 Å². The molecular formula is C73H118BIN10O10Si4. The van der Waals surface area contributed by atoms with Gasteiger partial charge in [0.15, 0.2) is 11.3 Å². The van der Waals surface area contributed by atoms with Gasteiger partial charge >= 0.3 is 19.1 Å². The van der Waals surface area contributed by atoms with Crippen molar-refractivity contribution in [1.29, 1.82) is 0 Å². The van der Waals surface area contributed by atoms with Crippen LogP contribution >= 0.6 is 22.6 Å². The Balaban J connectivity index is 0.000000202. The standard InChI is InChI=1S/C33H51N5O4Si2.C26H45IN4O2Si2.C13H18BNO4.CH4/c1-40-33(39)29-11-10-26(20-34-29)28-21-35-38-31(19-30(36-32(28)38)27-17-24-8-9-25(16-24)18-27)37(22-41-12-14-43(2,3)4)23-42-13-15-44(5,6)7;1-34(2,3)11-9-32-18-30(19-33-10-12-35(4,5)6)25-16-24(29-26-23(27)17-28-31(25)26)22-14-20-7-8-21(13-20)15-22;1-12(2)13(3,4)19-14(18-12)9-6-7-10(15-8-9)11(16)17-5;/h10-11,19-21,24-25,27H,8-9,12-18,22-23H2,1-7H3;16-17,20-22H,7-15,18-19H2,1-6H3;6-8H,1-5H3;1H4/t24-,25+,27?;20-,21+,22?;;. The van der Waals surface area contributed by atoms with E-state index in [2.05, 4.69) is 138 Å². The normalized spacial score (nSPS) is 21.0. The minimum Gasteiger partial charge on any atom is -0.464 e. The quantitative estimate of drug-likeness (QED) is 0.0147. The summed E-state index contributed by atoms with van der Waals surface area (Å²) >= 11 is 2.37. The monoisotopic (exact) mass is 1540 g/mol. The lowest BCUT2D eigenvalue weighted by Gasteiger charge is -2.32. The Hall–Kier alpha value is -4.50. The van der Waals surface area contributed by atoms with Crippen LogP contribution in [0.1, 0.15) is 144 Å². The molecule has 6 aromatic rings. The van der Waals surface area contributed by atoms with E-state index in [0.717, 1.165) is 111 Å². The summed E-state index contributed by atoms with van der Waals surface area (Å²) in [6.45, 7) is 41.5. The van der Waals surface area contributed by atoms with Crippen LogP contribution in [0, 0.1) is 27.2 Å². The number of esters is 2. The molecule has 11 rings (SSSR count). The van der Waals surface area contributed by atoms with E-state index in [4.69, 9.17) is 53.2 Å². The van der Waals surface area contributed by atoms with Crippen molar-refractivity contribution in [3.63, 3.8) is 0 Å². The highest BCUT2D eigenvalue weighted by Gasteiger charge is 2.52. The first kappa shape index (κ1) is 80.2. The molecule has 6 atom stereocenters. The molecule has 6 aromatic heterocycles. The van der Waals surface area contributed by atoms with Gasteiger partial charge in [-0.3, -0.25) is 0 Å². The first-order valence-corrected chi connectivity index (χ1v) is 51.7. The first-order valence-electron chi connectivity index (χ1n) is 35.8. The minimum atomic E-state index is -1.22. The van der Waals surface area contributed by atoms with Gasteiger partial charge in [0.1, 0.15) is 49.9 Å². The number of pyridine rings is 2. The summed E-state index contributed by atoms with van der Waals surface area (Å²) in [4.78, 5) is 46.6. The van der Waals surface area contributed by atoms with E-state index < -0.39 is 62.6 Å². The highest BCUT2D eigenvalue weighted by Crippen LogP contribution is 2.50. The largest absolute Gasteiger partial charge is 0.496 e. The molecule has 4 aliphatic carbocycles. The lowest BCUT2D eigenvalue weighted by atomic mass is 9.79. The number of fused-ring (bicyclic) bond motifs is 6. The van der Waals surface area contributed by atoms with Crippen molar-refractivity contribution in [3.05, 3.63) is 87.5 Å². The molecule has 26 heteroatoms. The number of ether oxygens (including phenoxy) is 6. The van der Waals surface area contributed by atoms with Gasteiger partial charge in [-0.05, 0) is 149 Å². The molecule has 546 valence electrons. The molecule has 1 aliphatic heterocycles. The molecule has 0 N–H and O–H groups in total. The number of hydrogen-bond acceptors (Lipinski definition) is 18. The van der Waals surface area contributed by atoms with Gasteiger partial charge in [0.25, 0.3) is 0 Å². The van der Waals surface area contributed by atoms with Crippen LogP contribution in [0.4, 0.5) is 11.6 Å². The summed E-state index contributed by atoms with van der Waals surface area (Å²) in [5.74, 6) is 5.42. The lowest BCUT2D eigenvalue weighted by Crippen LogP contribution is -2.41. The third-order valence-electron chi connectivity index (χ3n) is 20.3. The number of hydrogen-bond donors (Lipinski definition) is 0. The predicted molar refractivity (Wildman–Crippen MR) is 418 cm³/mol. The van der Waals surface area contributed by atoms with Crippen LogP contribution in [-0.2, 0) is 37.7 Å². The number of rotatable bonds is 28. The number of carbonyl (C=O) groups is 2. The summed E-state index contributed by atoms with van der Waals surface area (Å²) in [6, 6.07) is 16.0. The summed E-state index contributed by atoms with van der Waals surface area (Å²) in [7, 11) is -2.50. The highest BCUT2D eigenvalue weighted by molar-refractivity contribution is 14.1. The summed E-state index contributed by atoms with van der Waals surface area (Å²) in [6.07, 6.45) is 20.3. The van der Waals surface area contributed by atoms with Crippen LogP contribution in [0.25, 0.3) is 22.4 Å². The molecule has 5 aliphatic rings. The molecule has 0 radical (unpaired) electrons. The van der Waals surface area contributed by atoms with Crippen LogP contribution in [0.2, 0.25) is 103 Å². The van der Waals surface area contributed by atoms with Crippen molar-refractivity contribution in [2.24, 2.45) is 23.7 Å². The van der Waals surface area contributed by atoms with E-state index in [1.165, 1.54) is 96.2 Å². The molecule has 99 heavy (non-hydrogen) atoms. The van der Waals surface area contributed by atoms with Gasteiger partial charge in [-0.2, -0.15) is 19.2 Å². The Morgan fingerprint density at radius 3 is 1.27 bits per heavy atom. The van der Waals surface area contributed by atoms with Gasteiger partial charge in [0.05, 0.1) is 41.4 Å². The van der Waals surface area contributed by atoms with Gasteiger partial charge < -0.3 is 47.5 Å². The molecule has 1 saturated heterocycles. The SMILES string of the molecule is C.COC(=O)c1ccc(-c2cnn3c(N(COCC[Si](C)(C)C)COCC[Si](C)(C)C)cc(C4C[C@H]5CC[C@@H](C4)C5)nc23)cn1.COC(=O)c1ccc(B2OC(C)(C)C(C)(C)O2)cn1.C[Si](C)(C)CCOCN(COCC[Si](C)(C)C)c1cc(C2C[C@H]3CC[C@@H](C2)C3)nc2c(I)cnn12. The highest BCUT2D eigenvalue weighted by atomic mass is 127. The zero-order valence-electron chi connectivity index (χ0n) is 62.3. The fourth-order valence-corrected chi connectivity index (χ4v) is 17.1. The van der Waals surface area contributed by atoms with Crippen LogP contribution in [0.15, 0.2) is 61.2 Å². The molecule has 2 unspecified atom stereocenters. The Kier molecular flexibility index (Phi) is 27.9. The van der Waals surface area contributed by atoms with Crippen LogP contribution in [-0.4, -0.2) is 169 Å². The maximum Gasteiger partial charge on any atom is 0.496 e. The zero-order valence-corrected chi connectivity index (χ0v) is 68.5. The smallest absolute Gasteiger partial charge is 0.464 e. The second kappa shape index (κ2) is 34.4. The van der Waals surface area contributed by atoms with Crippen LogP contribution in [0.5, 0.6) is 0 Å². The lowest BCUT2D eigenvalue weighted by molar-refractivity contribution is 0.00578. The van der Waals surface area contributed by atoms with E-state index in [1.54, 1.807) is 30.6 Å². The molecule has 0 amide bonds.